The minimum atomic E-state index is -0.766. The fourth-order valence-electron chi connectivity index (χ4n) is 3.90. The molecule has 0 heterocycles. The number of amides is 2. The standard InChI is InChI=1S/C34H38N4O8/c1-3-31(39)43-23-29(21-35-27-14-7-5-8-15-27)45-33(41)37-19-25-12-11-13-26(18-25)20-38-34(42)46-30(24-44-32(40)4-2)22-36-28-16-9-6-10-17-28/h3-18,29-30,35-36H,1-2,19-24H2,(H,37,41)(H,38,42). The fourth-order valence-corrected chi connectivity index (χ4v) is 3.90. The molecule has 0 bridgehead atoms. The number of carbonyl (C=O) groups is 4. The molecule has 0 aliphatic carbocycles. The largest absolute Gasteiger partial charge is 0.459 e. The second kappa shape index (κ2) is 19.5. The van der Waals surface area contributed by atoms with Gasteiger partial charge in [-0.15, -0.1) is 0 Å². The number of esters is 2. The average Bonchev–Trinajstić information content (AvgIpc) is 3.09. The lowest BCUT2D eigenvalue weighted by molar-refractivity contribution is -0.141. The van der Waals surface area contributed by atoms with Crippen molar-refractivity contribution in [2.45, 2.75) is 25.3 Å². The lowest BCUT2D eigenvalue weighted by Crippen LogP contribution is -2.36. The molecule has 0 radical (unpaired) electrons. The zero-order valence-corrected chi connectivity index (χ0v) is 25.3. The SMILES string of the molecule is C=CC(=O)OCC(CNc1ccccc1)OC(=O)NCc1cccc(CNC(=O)OC(CNc2ccccc2)COC(=O)C=C)c1. The minimum Gasteiger partial charge on any atom is -0.459 e. The van der Waals surface area contributed by atoms with Crippen LogP contribution in [0.1, 0.15) is 11.1 Å². The molecule has 2 atom stereocenters. The van der Waals surface area contributed by atoms with E-state index >= 15 is 0 Å². The van der Waals surface area contributed by atoms with Gasteiger partial charge in [0.2, 0.25) is 0 Å². The van der Waals surface area contributed by atoms with Crippen molar-refractivity contribution < 1.29 is 38.1 Å². The predicted octanol–water partition coefficient (Wildman–Crippen LogP) is 4.56. The molecule has 0 aliphatic rings. The molecular formula is C34H38N4O8. The molecule has 4 N–H and O–H groups in total. The number of nitrogens with one attached hydrogen (secondary N) is 4. The van der Waals surface area contributed by atoms with Crippen LogP contribution in [-0.4, -0.2) is 62.6 Å². The number of benzene rings is 3. The van der Waals surface area contributed by atoms with Crippen LogP contribution in [0, 0.1) is 0 Å². The topological polar surface area (TPSA) is 153 Å². The maximum atomic E-state index is 12.6. The summed E-state index contributed by atoms with van der Waals surface area (Å²) in [6.07, 6.45) is -0.865. The Hall–Kier alpha value is -5.78. The average molecular weight is 631 g/mol. The maximum absolute atomic E-state index is 12.6. The molecule has 0 saturated carbocycles. The van der Waals surface area contributed by atoms with Crippen molar-refractivity contribution in [3.8, 4) is 0 Å². The van der Waals surface area contributed by atoms with Crippen LogP contribution in [-0.2, 0) is 41.6 Å². The predicted molar refractivity (Wildman–Crippen MR) is 173 cm³/mol. The molecule has 3 aromatic carbocycles. The monoisotopic (exact) mass is 630 g/mol. The Kier molecular flexibility index (Phi) is 14.7. The number of alkyl carbamates (subject to hydrolysis) is 2. The second-order valence-electron chi connectivity index (χ2n) is 9.74. The highest BCUT2D eigenvalue weighted by Gasteiger charge is 2.18. The van der Waals surface area contributed by atoms with Crippen molar-refractivity contribution >= 4 is 35.5 Å². The van der Waals surface area contributed by atoms with Gasteiger partial charge in [-0.3, -0.25) is 0 Å². The van der Waals surface area contributed by atoms with Crippen LogP contribution >= 0.6 is 0 Å². The van der Waals surface area contributed by atoms with Crippen LogP contribution in [0.15, 0.2) is 110 Å². The summed E-state index contributed by atoms with van der Waals surface area (Å²) >= 11 is 0. The van der Waals surface area contributed by atoms with E-state index in [-0.39, 0.29) is 39.4 Å². The summed E-state index contributed by atoms with van der Waals surface area (Å²) in [6, 6.07) is 25.8. The third-order valence-corrected chi connectivity index (χ3v) is 6.18. The summed E-state index contributed by atoms with van der Waals surface area (Å²) in [5.74, 6) is -1.25. The summed E-state index contributed by atoms with van der Waals surface area (Å²) < 4.78 is 21.1. The number of hydrogen-bond acceptors (Lipinski definition) is 10. The Morgan fingerprint density at radius 1 is 0.609 bits per heavy atom. The van der Waals surface area contributed by atoms with Gasteiger partial charge in [0.15, 0.2) is 12.2 Å². The molecule has 0 fully saturated rings. The Balaban J connectivity index is 1.48. The van der Waals surface area contributed by atoms with Crippen molar-refractivity contribution in [2.24, 2.45) is 0 Å². The number of carbonyl (C=O) groups excluding carboxylic acids is 4. The van der Waals surface area contributed by atoms with Crippen molar-refractivity contribution in [1.29, 1.82) is 0 Å². The minimum absolute atomic E-state index is 0.143. The van der Waals surface area contributed by atoms with E-state index in [1.54, 1.807) is 12.1 Å². The normalized spacial score (nSPS) is 11.5. The Morgan fingerprint density at radius 2 is 1.02 bits per heavy atom. The molecular weight excluding hydrogens is 592 g/mol. The van der Waals surface area contributed by atoms with E-state index < -0.39 is 36.3 Å². The van der Waals surface area contributed by atoms with E-state index in [1.807, 2.05) is 72.8 Å². The molecule has 2 amide bonds. The maximum Gasteiger partial charge on any atom is 0.407 e. The number of hydrogen-bond donors (Lipinski definition) is 4. The molecule has 0 aliphatic heterocycles. The summed E-state index contributed by atoms with van der Waals surface area (Å²) in [6.45, 7) is 7.13. The molecule has 242 valence electrons. The van der Waals surface area contributed by atoms with E-state index in [4.69, 9.17) is 18.9 Å². The summed E-state index contributed by atoms with van der Waals surface area (Å²) in [7, 11) is 0. The first-order valence-corrected chi connectivity index (χ1v) is 14.5. The second-order valence-corrected chi connectivity index (χ2v) is 9.74. The van der Waals surface area contributed by atoms with Crippen LogP contribution in [0.3, 0.4) is 0 Å². The number of anilines is 2. The summed E-state index contributed by atoms with van der Waals surface area (Å²) in [5.41, 5.74) is 3.14. The molecule has 12 nitrogen and oxygen atoms in total. The summed E-state index contributed by atoms with van der Waals surface area (Å²) in [5, 5.41) is 11.7. The van der Waals surface area contributed by atoms with Crippen molar-refractivity contribution in [3.05, 3.63) is 121 Å². The third kappa shape index (κ3) is 13.7. The molecule has 12 heteroatoms. The number of rotatable bonds is 18. The van der Waals surface area contributed by atoms with E-state index in [9.17, 15) is 19.2 Å². The van der Waals surface area contributed by atoms with Crippen LogP contribution in [0.5, 0.6) is 0 Å². The highest BCUT2D eigenvalue weighted by atomic mass is 16.6. The Morgan fingerprint density at radius 3 is 1.41 bits per heavy atom. The zero-order valence-electron chi connectivity index (χ0n) is 25.3. The van der Waals surface area contributed by atoms with E-state index in [1.165, 1.54) is 0 Å². The lowest BCUT2D eigenvalue weighted by atomic mass is 10.1. The van der Waals surface area contributed by atoms with E-state index in [0.717, 1.165) is 34.7 Å². The van der Waals surface area contributed by atoms with Crippen molar-refractivity contribution in [3.63, 3.8) is 0 Å². The van der Waals surface area contributed by atoms with Crippen molar-refractivity contribution in [1.82, 2.24) is 10.6 Å². The van der Waals surface area contributed by atoms with Crippen LogP contribution in [0.4, 0.5) is 21.0 Å². The van der Waals surface area contributed by atoms with Crippen LogP contribution in [0.2, 0.25) is 0 Å². The Labute approximate surface area is 267 Å². The molecule has 2 unspecified atom stereocenters. The number of ether oxygens (including phenoxy) is 4. The Bertz CT molecular complexity index is 1330. The third-order valence-electron chi connectivity index (χ3n) is 6.18. The van der Waals surface area contributed by atoms with Gasteiger partial charge in [0.05, 0.1) is 13.1 Å². The van der Waals surface area contributed by atoms with Crippen LogP contribution < -0.4 is 21.3 Å². The van der Waals surface area contributed by atoms with Gasteiger partial charge in [-0.25, -0.2) is 19.2 Å². The molecule has 0 aromatic heterocycles. The molecule has 46 heavy (non-hydrogen) atoms. The molecule has 0 saturated heterocycles. The first kappa shape index (κ1) is 34.7. The van der Waals surface area contributed by atoms with E-state index in [2.05, 4.69) is 34.4 Å². The summed E-state index contributed by atoms with van der Waals surface area (Å²) in [4.78, 5) is 48.2. The smallest absolute Gasteiger partial charge is 0.407 e. The zero-order chi connectivity index (χ0) is 33.0. The quantitative estimate of drug-likeness (QED) is 0.0894. The molecule has 3 rings (SSSR count). The molecule has 0 spiro atoms. The first-order chi connectivity index (χ1) is 22.3. The highest BCUT2D eigenvalue weighted by Crippen LogP contribution is 2.09. The number of para-hydroxylation sites is 2. The van der Waals surface area contributed by atoms with Gasteiger partial charge < -0.3 is 40.2 Å². The highest BCUT2D eigenvalue weighted by molar-refractivity contribution is 5.81. The van der Waals surface area contributed by atoms with E-state index in [0.29, 0.717) is 0 Å². The van der Waals surface area contributed by atoms with Gasteiger partial charge >= 0.3 is 24.1 Å². The van der Waals surface area contributed by atoms with Gasteiger partial charge in [0.25, 0.3) is 0 Å². The fraction of sp³-hybridized carbons (Fsp3) is 0.235. The first-order valence-electron chi connectivity index (χ1n) is 14.5. The molecule has 3 aromatic rings. The van der Waals surface area contributed by atoms with Gasteiger partial charge in [-0.1, -0.05) is 73.8 Å². The lowest BCUT2D eigenvalue weighted by Gasteiger charge is -2.19. The van der Waals surface area contributed by atoms with Gasteiger partial charge in [-0.2, -0.15) is 0 Å². The van der Waals surface area contributed by atoms with Crippen molar-refractivity contribution in [2.75, 3.05) is 36.9 Å². The van der Waals surface area contributed by atoms with Crippen LogP contribution in [0.25, 0.3) is 0 Å². The van der Waals surface area contributed by atoms with Gasteiger partial charge in [-0.05, 0) is 35.4 Å². The van der Waals surface area contributed by atoms with Gasteiger partial charge in [0.1, 0.15) is 13.2 Å². The van der Waals surface area contributed by atoms with Gasteiger partial charge in [0, 0.05) is 36.6 Å².